The molecule has 0 aliphatic heterocycles. The van der Waals surface area contributed by atoms with Crippen molar-refractivity contribution in [1.82, 2.24) is 9.97 Å². The fraction of sp³-hybridized carbons (Fsp3) is 0. The van der Waals surface area contributed by atoms with Gasteiger partial charge in [0.2, 0.25) is 0 Å². The van der Waals surface area contributed by atoms with Gasteiger partial charge in [-0.25, -0.2) is 9.97 Å². The highest BCUT2D eigenvalue weighted by Gasteiger charge is 2.10. The Hall–Kier alpha value is -2.44. The maximum Gasteiger partial charge on any atom is 0.167 e. The van der Waals surface area contributed by atoms with Crippen molar-refractivity contribution in [1.29, 1.82) is 5.26 Å². The third-order valence-corrected chi connectivity index (χ3v) is 3.05. The molecule has 0 aliphatic carbocycles. The smallest absolute Gasteiger partial charge is 0.167 e. The Balaban J connectivity index is 2.27. The Morgan fingerprint density at radius 2 is 1.53 bits per heavy atom. The molecule has 0 radical (unpaired) electrons. The predicted molar refractivity (Wildman–Crippen MR) is 74.7 cm³/mol. The summed E-state index contributed by atoms with van der Waals surface area (Å²) < 4.78 is 0. The largest absolute Gasteiger partial charge is 0.243 e. The zero-order chi connectivity index (χ0) is 13.2. The molecule has 0 spiro atoms. The van der Waals surface area contributed by atoms with Gasteiger partial charge in [0.05, 0.1) is 11.0 Å². The van der Waals surface area contributed by atoms with Crippen molar-refractivity contribution in [2.24, 2.45) is 0 Å². The molecular formula is C15H8ClN3. The molecule has 4 heteroatoms. The predicted octanol–water partition coefficient (Wildman–Crippen LogP) is 3.82. The summed E-state index contributed by atoms with van der Waals surface area (Å²) in [5.41, 5.74) is 3.22. The molecule has 0 N–H and O–H groups in total. The summed E-state index contributed by atoms with van der Waals surface area (Å²) in [6.45, 7) is 0. The van der Waals surface area contributed by atoms with Gasteiger partial charge in [-0.1, -0.05) is 35.9 Å². The maximum absolute atomic E-state index is 9.22. The van der Waals surface area contributed by atoms with E-state index in [1.54, 1.807) is 12.1 Å². The lowest BCUT2D eigenvalue weighted by molar-refractivity contribution is 1.24. The topological polar surface area (TPSA) is 49.6 Å². The lowest BCUT2D eigenvalue weighted by Gasteiger charge is -2.05. The van der Waals surface area contributed by atoms with Crippen LogP contribution in [0.2, 0.25) is 5.02 Å². The van der Waals surface area contributed by atoms with Crippen molar-refractivity contribution in [3.05, 3.63) is 59.2 Å². The Morgan fingerprint density at radius 3 is 2.16 bits per heavy atom. The second kappa shape index (κ2) is 4.68. The van der Waals surface area contributed by atoms with Crippen molar-refractivity contribution in [2.45, 2.75) is 0 Å². The Labute approximate surface area is 115 Å². The average Bonchev–Trinajstić information content (AvgIpc) is 2.46. The van der Waals surface area contributed by atoms with E-state index in [4.69, 9.17) is 11.6 Å². The first kappa shape index (κ1) is 11.6. The van der Waals surface area contributed by atoms with Gasteiger partial charge < -0.3 is 0 Å². The van der Waals surface area contributed by atoms with Crippen molar-refractivity contribution < 1.29 is 0 Å². The number of hydrogen-bond acceptors (Lipinski definition) is 3. The highest BCUT2D eigenvalue weighted by molar-refractivity contribution is 6.30. The van der Waals surface area contributed by atoms with Crippen LogP contribution in [0.3, 0.4) is 0 Å². The van der Waals surface area contributed by atoms with Crippen molar-refractivity contribution >= 4 is 22.6 Å². The number of hydrogen-bond donors (Lipinski definition) is 0. The summed E-state index contributed by atoms with van der Waals surface area (Å²) >= 11 is 5.87. The van der Waals surface area contributed by atoms with E-state index in [2.05, 4.69) is 16.0 Å². The Morgan fingerprint density at radius 1 is 0.895 bits per heavy atom. The van der Waals surface area contributed by atoms with E-state index in [-0.39, 0.29) is 0 Å². The van der Waals surface area contributed by atoms with Crippen LogP contribution < -0.4 is 0 Å². The number of nitrogens with zero attached hydrogens (tertiary/aromatic N) is 3. The van der Waals surface area contributed by atoms with E-state index < -0.39 is 0 Å². The molecule has 19 heavy (non-hydrogen) atoms. The quantitative estimate of drug-likeness (QED) is 0.672. The average molecular weight is 266 g/mol. The van der Waals surface area contributed by atoms with Gasteiger partial charge >= 0.3 is 0 Å². The van der Waals surface area contributed by atoms with E-state index >= 15 is 0 Å². The van der Waals surface area contributed by atoms with Crippen LogP contribution in [0.1, 0.15) is 5.69 Å². The van der Waals surface area contributed by atoms with Gasteiger partial charge in [0.15, 0.2) is 5.69 Å². The van der Waals surface area contributed by atoms with Gasteiger partial charge in [-0.05, 0) is 24.3 Å². The van der Waals surface area contributed by atoms with Crippen LogP contribution in [-0.2, 0) is 0 Å². The van der Waals surface area contributed by atoms with Crippen LogP contribution in [0.15, 0.2) is 48.5 Å². The SMILES string of the molecule is N#Cc1nc2ccccc2nc1-c1ccc(Cl)cc1. The molecule has 0 saturated heterocycles. The summed E-state index contributed by atoms with van der Waals surface area (Å²) in [5, 5.41) is 9.86. The van der Waals surface area contributed by atoms with Crippen LogP contribution in [0, 0.1) is 11.3 Å². The highest BCUT2D eigenvalue weighted by Crippen LogP contribution is 2.24. The van der Waals surface area contributed by atoms with Gasteiger partial charge in [-0.2, -0.15) is 5.26 Å². The summed E-state index contributed by atoms with van der Waals surface area (Å²) in [4.78, 5) is 8.85. The van der Waals surface area contributed by atoms with E-state index in [1.165, 1.54) is 0 Å². The first-order valence-corrected chi connectivity index (χ1v) is 6.08. The molecule has 0 bridgehead atoms. The van der Waals surface area contributed by atoms with E-state index in [9.17, 15) is 5.26 Å². The first-order chi connectivity index (χ1) is 9.28. The first-order valence-electron chi connectivity index (χ1n) is 5.71. The molecule has 0 amide bonds. The van der Waals surface area contributed by atoms with E-state index in [1.807, 2.05) is 36.4 Å². The molecule has 0 atom stereocenters. The molecule has 3 aromatic rings. The van der Waals surface area contributed by atoms with Gasteiger partial charge in [-0.15, -0.1) is 0 Å². The van der Waals surface area contributed by atoms with Crippen LogP contribution in [-0.4, -0.2) is 9.97 Å². The number of para-hydroxylation sites is 2. The molecule has 3 nitrogen and oxygen atoms in total. The zero-order valence-electron chi connectivity index (χ0n) is 9.84. The number of rotatable bonds is 1. The monoisotopic (exact) mass is 265 g/mol. The van der Waals surface area contributed by atoms with Gasteiger partial charge in [0.25, 0.3) is 0 Å². The highest BCUT2D eigenvalue weighted by atomic mass is 35.5. The third-order valence-electron chi connectivity index (χ3n) is 2.79. The minimum atomic E-state index is 0.320. The Bertz CT molecular complexity index is 789. The van der Waals surface area contributed by atoms with Gasteiger partial charge in [0, 0.05) is 10.6 Å². The van der Waals surface area contributed by atoms with Crippen LogP contribution in [0.25, 0.3) is 22.3 Å². The van der Waals surface area contributed by atoms with Crippen LogP contribution in [0.5, 0.6) is 0 Å². The molecule has 90 valence electrons. The number of benzene rings is 2. The number of fused-ring (bicyclic) bond motifs is 1. The van der Waals surface area contributed by atoms with Crippen LogP contribution in [0.4, 0.5) is 0 Å². The zero-order valence-corrected chi connectivity index (χ0v) is 10.6. The third kappa shape index (κ3) is 2.14. The molecule has 2 aromatic carbocycles. The molecular weight excluding hydrogens is 258 g/mol. The molecule has 0 unspecified atom stereocenters. The fourth-order valence-corrected chi connectivity index (χ4v) is 2.01. The second-order valence-electron chi connectivity index (χ2n) is 4.03. The Kier molecular flexibility index (Phi) is 2.86. The lowest BCUT2D eigenvalue weighted by Crippen LogP contribution is -1.95. The summed E-state index contributed by atoms with van der Waals surface area (Å²) in [7, 11) is 0. The van der Waals surface area contributed by atoms with Crippen molar-refractivity contribution in [3.63, 3.8) is 0 Å². The van der Waals surface area contributed by atoms with E-state index in [0.29, 0.717) is 16.4 Å². The second-order valence-corrected chi connectivity index (χ2v) is 4.46. The lowest BCUT2D eigenvalue weighted by atomic mass is 10.1. The summed E-state index contributed by atoms with van der Waals surface area (Å²) in [6, 6.07) is 16.8. The molecule has 1 aromatic heterocycles. The number of nitriles is 1. The number of halogens is 1. The van der Waals surface area contributed by atoms with Crippen molar-refractivity contribution in [2.75, 3.05) is 0 Å². The normalized spacial score (nSPS) is 10.3. The standard InChI is InChI=1S/C15H8ClN3/c16-11-7-5-10(6-8-11)15-14(9-17)18-12-3-1-2-4-13(12)19-15/h1-8H. The number of aromatic nitrogens is 2. The summed E-state index contributed by atoms with van der Waals surface area (Å²) in [5.74, 6) is 0. The molecule has 0 saturated carbocycles. The van der Waals surface area contributed by atoms with Crippen LogP contribution >= 0.6 is 11.6 Å². The fourth-order valence-electron chi connectivity index (χ4n) is 1.89. The van der Waals surface area contributed by atoms with E-state index in [0.717, 1.165) is 16.6 Å². The van der Waals surface area contributed by atoms with Gasteiger partial charge in [0.1, 0.15) is 11.8 Å². The van der Waals surface area contributed by atoms with Crippen molar-refractivity contribution in [3.8, 4) is 17.3 Å². The molecule has 0 aliphatic rings. The molecule has 0 fully saturated rings. The minimum absolute atomic E-state index is 0.320. The molecule has 3 rings (SSSR count). The maximum atomic E-state index is 9.22. The summed E-state index contributed by atoms with van der Waals surface area (Å²) in [6.07, 6.45) is 0. The van der Waals surface area contributed by atoms with Gasteiger partial charge in [-0.3, -0.25) is 0 Å². The minimum Gasteiger partial charge on any atom is -0.243 e. The molecule has 1 heterocycles.